The summed E-state index contributed by atoms with van der Waals surface area (Å²) >= 11 is 0. The fourth-order valence-corrected chi connectivity index (χ4v) is 2.37. The third kappa shape index (κ3) is 6.69. The van der Waals surface area contributed by atoms with Gasteiger partial charge in [0.2, 0.25) is 5.91 Å². The minimum atomic E-state index is -0.0492. The first kappa shape index (κ1) is 19.7. The van der Waals surface area contributed by atoms with Crippen molar-refractivity contribution in [3.05, 3.63) is 59.7 Å². The van der Waals surface area contributed by atoms with Gasteiger partial charge in [-0.15, -0.1) is 0 Å². The molecule has 2 aromatic carbocycles. The lowest BCUT2D eigenvalue weighted by Crippen LogP contribution is -2.28. The van der Waals surface area contributed by atoms with Gasteiger partial charge in [-0.2, -0.15) is 0 Å². The average Bonchev–Trinajstić information content (AvgIpc) is 2.62. The van der Waals surface area contributed by atoms with Crippen molar-refractivity contribution in [1.29, 1.82) is 0 Å². The number of ketones is 1. The van der Waals surface area contributed by atoms with E-state index in [1.54, 1.807) is 24.3 Å². The number of amides is 1. The molecule has 0 aliphatic rings. The lowest BCUT2D eigenvalue weighted by molar-refractivity contribution is -0.116. The number of aryl methyl sites for hydroxylation is 1. The summed E-state index contributed by atoms with van der Waals surface area (Å²) in [5, 5.41) is 2.84. The Kier molecular flexibility index (Phi) is 7.36. The van der Waals surface area contributed by atoms with Crippen LogP contribution in [0, 0.1) is 6.92 Å². The van der Waals surface area contributed by atoms with Crippen LogP contribution in [0.15, 0.2) is 48.5 Å². The van der Waals surface area contributed by atoms with Crippen LogP contribution in [0.2, 0.25) is 0 Å². The number of nitrogens with zero attached hydrogens (tertiary/aromatic N) is 1. The van der Waals surface area contributed by atoms with Gasteiger partial charge < -0.3 is 15.0 Å². The number of carbonyl (C=O) groups is 2. The summed E-state index contributed by atoms with van der Waals surface area (Å²) in [7, 11) is 1.97. The molecule has 5 nitrogen and oxygen atoms in total. The Morgan fingerprint density at radius 2 is 1.65 bits per heavy atom. The summed E-state index contributed by atoms with van der Waals surface area (Å²) in [5.74, 6) is 0.819. The monoisotopic (exact) mass is 354 g/mol. The molecule has 2 aromatic rings. The van der Waals surface area contributed by atoms with Crippen molar-refractivity contribution in [3.63, 3.8) is 0 Å². The second-order valence-corrected chi connectivity index (χ2v) is 6.40. The van der Waals surface area contributed by atoms with Crippen LogP contribution in [0.1, 0.15) is 29.3 Å². The summed E-state index contributed by atoms with van der Waals surface area (Å²) in [4.78, 5) is 25.3. The van der Waals surface area contributed by atoms with Gasteiger partial charge in [-0.05, 0) is 57.3 Å². The number of hydrogen-bond acceptors (Lipinski definition) is 4. The van der Waals surface area contributed by atoms with E-state index in [2.05, 4.69) is 10.2 Å². The van der Waals surface area contributed by atoms with E-state index in [0.29, 0.717) is 30.8 Å². The molecule has 0 saturated carbocycles. The highest BCUT2D eigenvalue weighted by atomic mass is 16.5. The molecule has 0 fully saturated rings. The molecule has 138 valence electrons. The lowest BCUT2D eigenvalue weighted by Gasteiger charge is -2.17. The number of rotatable bonds is 9. The van der Waals surface area contributed by atoms with E-state index in [-0.39, 0.29) is 11.7 Å². The van der Waals surface area contributed by atoms with Gasteiger partial charge in [0.15, 0.2) is 5.78 Å². The van der Waals surface area contributed by atoms with E-state index in [1.165, 1.54) is 12.5 Å². The summed E-state index contributed by atoms with van der Waals surface area (Å²) in [5.41, 5.74) is 2.54. The summed E-state index contributed by atoms with van der Waals surface area (Å²) < 4.78 is 5.69. The largest absolute Gasteiger partial charge is 0.492 e. The second-order valence-electron chi connectivity index (χ2n) is 6.40. The molecule has 26 heavy (non-hydrogen) atoms. The van der Waals surface area contributed by atoms with E-state index in [9.17, 15) is 9.59 Å². The van der Waals surface area contributed by atoms with Crippen LogP contribution in [0.5, 0.6) is 5.75 Å². The second kappa shape index (κ2) is 9.73. The number of benzene rings is 2. The van der Waals surface area contributed by atoms with Crippen LogP contribution >= 0.6 is 0 Å². The molecule has 0 aromatic heterocycles. The van der Waals surface area contributed by atoms with Gasteiger partial charge >= 0.3 is 0 Å². The Labute approximate surface area is 155 Å². The minimum Gasteiger partial charge on any atom is -0.492 e. The third-order valence-corrected chi connectivity index (χ3v) is 4.06. The van der Waals surface area contributed by atoms with E-state index in [4.69, 9.17) is 4.74 Å². The van der Waals surface area contributed by atoms with Crippen molar-refractivity contribution < 1.29 is 14.3 Å². The molecule has 2 rings (SSSR count). The van der Waals surface area contributed by atoms with E-state index < -0.39 is 0 Å². The maximum Gasteiger partial charge on any atom is 0.225 e. The van der Waals surface area contributed by atoms with Gasteiger partial charge in [0.25, 0.3) is 0 Å². The van der Waals surface area contributed by atoms with Crippen molar-refractivity contribution >= 4 is 17.4 Å². The van der Waals surface area contributed by atoms with Crippen LogP contribution in [0.4, 0.5) is 5.69 Å². The van der Waals surface area contributed by atoms with Crippen LogP contribution in [0.3, 0.4) is 0 Å². The maximum atomic E-state index is 12.0. The molecule has 0 spiro atoms. The van der Waals surface area contributed by atoms with E-state index in [1.807, 2.05) is 38.2 Å². The van der Waals surface area contributed by atoms with Gasteiger partial charge in [-0.1, -0.05) is 17.7 Å². The highest BCUT2D eigenvalue weighted by Gasteiger charge is 2.06. The van der Waals surface area contributed by atoms with Crippen LogP contribution in [0.25, 0.3) is 0 Å². The fraction of sp³-hybridized carbons (Fsp3) is 0.333. The van der Waals surface area contributed by atoms with Crippen molar-refractivity contribution in [2.24, 2.45) is 0 Å². The Balaban J connectivity index is 1.66. The number of hydrogen-bond donors (Lipinski definition) is 1. The highest BCUT2D eigenvalue weighted by Crippen LogP contribution is 2.12. The summed E-state index contributed by atoms with van der Waals surface area (Å²) in [6.07, 6.45) is 0.398. The number of nitrogens with one attached hydrogen (secondary N) is 1. The molecule has 1 amide bonds. The van der Waals surface area contributed by atoms with Crippen LogP contribution in [-0.4, -0.2) is 43.3 Å². The minimum absolute atomic E-state index is 0.0114. The quantitative estimate of drug-likeness (QED) is 0.700. The summed E-state index contributed by atoms with van der Waals surface area (Å²) in [6.45, 7) is 5.53. The molecule has 0 aliphatic carbocycles. The van der Waals surface area contributed by atoms with Gasteiger partial charge in [-0.25, -0.2) is 0 Å². The molecular weight excluding hydrogens is 328 g/mol. The highest BCUT2D eigenvalue weighted by molar-refractivity contribution is 5.95. The zero-order valence-corrected chi connectivity index (χ0v) is 15.6. The molecule has 1 N–H and O–H groups in total. The predicted molar refractivity (Wildman–Crippen MR) is 104 cm³/mol. The normalized spacial score (nSPS) is 10.6. The van der Waals surface area contributed by atoms with Crippen LogP contribution in [-0.2, 0) is 4.79 Å². The third-order valence-electron chi connectivity index (χ3n) is 4.06. The fourth-order valence-electron chi connectivity index (χ4n) is 2.37. The Morgan fingerprint density at radius 1 is 1.00 bits per heavy atom. The van der Waals surface area contributed by atoms with Gasteiger partial charge in [0.05, 0.1) is 0 Å². The molecule has 0 radical (unpaired) electrons. The Bertz CT molecular complexity index is 724. The Morgan fingerprint density at radius 3 is 2.27 bits per heavy atom. The van der Waals surface area contributed by atoms with Crippen molar-refractivity contribution in [2.75, 3.05) is 32.1 Å². The van der Waals surface area contributed by atoms with Gasteiger partial charge in [0, 0.05) is 30.8 Å². The molecule has 0 aliphatic heterocycles. The van der Waals surface area contributed by atoms with E-state index >= 15 is 0 Å². The number of likely N-dealkylation sites (N-methyl/N-ethyl adjacent to an activating group) is 1. The summed E-state index contributed by atoms with van der Waals surface area (Å²) in [6, 6.07) is 14.9. The molecule has 0 saturated heterocycles. The van der Waals surface area contributed by atoms with Crippen LogP contribution < -0.4 is 10.1 Å². The van der Waals surface area contributed by atoms with Crippen molar-refractivity contribution in [1.82, 2.24) is 4.90 Å². The number of anilines is 1. The standard InChI is InChI=1S/C21H26N2O3/c1-16-4-10-20(11-5-16)26-15-14-23(3)13-12-21(25)22-19-8-6-18(7-9-19)17(2)24/h4-11H,12-15H2,1-3H3,(H,22,25). The van der Waals surface area contributed by atoms with Gasteiger partial charge in [-0.3, -0.25) is 9.59 Å². The number of Topliss-reactive ketones (excluding diaryl/α,β-unsaturated/α-hetero) is 1. The predicted octanol–water partition coefficient (Wildman–Crippen LogP) is 3.54. The first-order valence-electron chi connectivity index (χ1n) is 8.73. The molecule has 0 atom stereocenters. The molecule has 5 heteroatoms. The molecule has 0 bridgehead atoms. The van der Waals surface area contributed by atoms with Crippen molar-refractivity contribution in [2.45, 2.75) is 20.3 Å². The smallest absolute Gasteiger partial charge is 0.225 e. The average molecular weight is 354 g/mol. The lowest BCUT2D eigenvalue weighted by atomic mass is 10.1. The Hall–Kier alpha value is -2.66. The molecule has 0 unspecified atom stereocenters. The van der Waals surface area contributed by atoms with Gasteiger partial charge in [0.1, 0.15) is 12.4 Å². The topological polar surface area (TPSA) is 58.6 Å². The number of ether oxygens (including phenoxy) is 1. The van der Waals surface area contributed by atoms with E-state index in [0.717, 1.165) is 12.3 Å². The molecule has 0 heterocycles. The SMILES string of the molecule is CC(=O)c1ccc(NC(=O)CCN(C)CCOc2ccc(C)cc2)cc1. The first-order valence-corrected chi connectivity index (χ1v) is 8.73. The molecular formula is C21H26N2O3. The first-order chi connectivity index (χ1) is 12.4. The number of carbonyl (C=O) groups excluding carboxylic acids is 2. The maximum absolute atomic E-state index is 12.0. The zero-order chi connectivity index (χ0) is 18.9. The zero-order valence-electron chi connectivity index (χ0n) is 15.6. The van der Waals surface area contributed by atoms with Crippen molar-refractivity contribution in [3.8, 4) is 5.75 Å².